The Morgan fingerprint density at radius 2 is 1.71 bits per heavy atom. The zero-order chi connectivity index (χ0) is 19.2. The molecule has 2 heterocycles. The van der Waals surface area contributed by atoms with Gasteiger partial charge in [-0.25, -0.2) is 4.98 Å². The lowest BCUT2D eigenvalue weighted by atomic mass is 9.97. The normalized spacial score (nSPS) is 14.9. The highest BCUT2D eigenvalue weighted by Gasteiger charge is 2.25. The average molecular weight is 393 g/mol. The van der Waals surface area contributed by atoms with Crippen LogP contribution in [0.25, 0.3) is 10.6 Å². The molecule has 0 aliphatic carbocycles. The molecular formula is C23H24N2O2S. The molecule has 28 heavy (non-hydrogen) atoms. The lowest BCUT2D eigenvalue weighted by Gasteiger charge is -2.31. The second kappa shape index (κ2) is 9.13. The molecule has 4 nitrogen and oxygen atoms in total. The van der Waals surface area contributed by atoms with Crippen LogP contribution >= 0.6 is 11.3 Å². The van der Waals surface area contributed by atoms with Gasteiger partial charge in [-0.05, 0) is 24.3 Å². The highest BCUT2D eigenvalue weighted by atomic mass is 32.1. The molecule has 2 aromatic carbocycles. The number of piperidine rings is 1. The largest absolute Gasteiger partial charge is 0.376 e. The van der Waals surface area contributed by atoms with Crippen molar-refractivity contribution >= 4 is 17.2 Å². The van der Waals surface area contributed by atoms with Gasteiger partial charge in [0.05, 0.1) is 6.61 Å². The van der Waals surface area contributed by atoms with Crippen LogP contribution in [0.1, 0.15) is 28.9 Å². The maximum absolute atomic E-state index is 12.8. The van der Waals surface area contributed by atoms with Crippen molar-refractivity contribution in [3.05, 3.63) is 77.3 Å². The molecule has 5 heteroatoms. The summed E-state index contributed by atoms with van der Waals surface area (Å²) in [7, 11) is 0. The maximum atomic E-state index is 12.8. The molecule has 1 amide bonds. The van der Waals surface area contributed by atoms with E-state index in [0.717, 1.165) is 43.1 Å². The molecule has 1 saturated heterocycles. The standard InChI is InChI=1S/C23H24N2O2S/c26-23(21-17-28-22(24-21)20-9-5-2-6-10-20)25-13-11-19(12-14-25)16-27-15-18-7-3-1-4-8-18/h1-10,17,19H,11-16H2. The van der Waals surface area contributed by atoms with E-state index in [1.165, 1.54) is 16.9 Å². The van der Waals surface area contributed by atoms with Gasteiger partial charge in [0.15, 0.2) is 0 Å². The Morgan fingerprint density at radius 3 is 2.43 bits per heavy atom. The number of hydrogen-bond donors (Lipinski definition) is 0. The minimum absolute atomic E-state index is 0.0436. The fraction of sp³-hybridized carbons (Fsp3) is 0.304. The van der Waals surface area contributed by atoms with Crippen molar-refractivity contribution in [3.63, 3.8) is 0 Å². The van der Waals surface area contributed by atoms with Crippen molar-refractivity contribution in [1.29, 1.82) is 0 Å². The number of benzene rings is 2. The third-order valence-corrected chi connectivity index (χ3v) is 6.00. The molecule has 1 aromatic heterocycles. The summed E-state index contributed by atoms with van der Waals surface area (Å²) in [6, 6.07) is 20.2. The molecule has 0 atom stereocenters. The van der Waals surface area contributed by atoms with Gasteiger partial charge in [0, 0.05) is 30.6 Å². The van der Waals surface area contributed by atoms with E-state index in [1.54, 1.807) is 0 Å². The zero-order valence-electron chi connectivity index (χ0n) is 15.8. The predicted octanol–water partition coefficient (Wildman–Crippen LogP) is 4.88. The number of nitrogens with zero attached hydrogens (tertiary/aromatic N) is 2. The van der Waals surface area contributed by atoms with Gasteiger partial charge in [-0.15, -0.1) is 11.3 Å². The Morgan fingerprint density at radius 1 is 1.04 bits per heavy atom. The van der Waals surface area contributed by atoms with Gasteiger partial charge < -0.3 is 9.64 Å². The molecule has 1 aliphatic rings. The summed E-state index contributed by atoms with van der Waals surface area (Å²) >= 11 is 1.53. The van der Waals surface area contributed by atoms with E-state index in [-0.39, 0.29) is 5.91 Å². The number of rotatable bonds is 6. The van der Waals surface area contributed by atoms with Gasteiger partial charge in [0.25, 0.3) is 5.91 Å². The summed E-state index contributed by atoms with van der Waals surface area (Å²) in [6.45, 7) is 2.96. The van der Waals surface area contributed by atoms with Crippen LogP contribution in [0.15, 0.2) is 66.0 Å². The molecule has 0 unspecified atom stereocenters. The fourth-order valence-electron chi connectivity index (χ4n) is 3.47. The first kappa shape index (κ1) is 18.8. The predicted molar refractivity (Wildman–Crippen MR) is 112 cm³/mol. The molecule has 1 aliphatic heterocycles. The van der Waals surface area contributed by atoms with Crippen LogP contribution < -0.4 is 0 Å². The fourth-order valence-corrected chi connectivity index (χ4v) is 4.27. The minimum Gasteiger partial charge on any atom is -0.376 e. The maximum Gasteiger partial charge on any atom is 0.273 e. The Bertz CT molecular complexity index is 887. The molecule has 3 aromatic rings. The third kappa shape index (κ3) is 4.66. The molecule has 0 spiro atoms. The average Bonchev–Trinajstić information content (AvgIpc) is 3.25. The lowest BCUT2D eigenvalue weighted by Crippen LogP contribution is -2.39. The first-order valence-electron chi connectivity index (χ1n) is 9.71. The van der Waals surface area contributed by atoms with Gasteiger partial charge in [-0.2, -0.15) is 0 Å². The Hall–Kier alpha value is -2.50. The van der Waals surface area contributed by atoms with Crippen LogP contribution in [-0.2, 0) is 11.3 Å². The van der Waals surface area contributed by atoms with E-state index in [2.05, 4.69) is 17.1 Å². The molecule has 1 fully saturated rings. The molecule has 0 saturated carbocycles. The highest BCUT2D eigenvalue weighted by molar-refractivity contribution is 7.13. The van der Waals surface area contributed by atoms with E-state index in [0.29, 0.717) is 18.2 Å². The topological polar surface area (TPSA) is 42.4 Å². The highest BCUT2D eigenvalue weighted by Crippen LogP contribution is 2.25. The number of aromatic nitrogens is 1. The first-order chi connectivity index (χ1) is 13.8. The molecule has 4 rings (SSSR count). The number of hydrogen-bond acceptors (Lipinski definition) is 4. The van der Waals surface area contributed by atoms with Crippen molar-refractivity contribution in [2.75, 3.05) is 19.7 Å². The summed E-state index contributed by atoms with van der Waals surface area (Å²) in [5, 5.41) is 2.77. The summed E-state index contributed by atoms with van der Waals surface area (Å²) in [5.74, 6) is 0.560. The lowest BCUT2D eigenvalue weighted by molar-refractivity contribution is 0.0476. The van der Waals surface area contributed by atoms with E-state index < -0.39 is 0 Å². The molecule has 0 radical (unpaired) electrons. The summed E-state index contributed by atoms with van der Waals surface area (Å²) < 4.78 is 5.88. The van der Waals surface area contributed by atoms with Gasteiger partial charge >= 0.3 is 0 Å². The number of amides is 1. The van der Waals surface area contributed by atoms with Crippen molar-refractivity contribution in [3.8, 4) is 10.6 Å². The smallest absolute Gasteiger partial charge is 0.273 e. The van der Waals surface area contributed by atoms with Gasteiger partial charge in [-0.1, -0.05) is 60.7 Å². The van der Waals surface area contributed by atoms with Crippen LogP contribution in [-0.4, -0.2) is 35.5 Å². The Labute approximate surface area is 169 Å². The number of thiazole rings is 1. The van der Waals surface area contributed by atoms with Crippen LogP contribution in [0.2, 0.25) is 0 Å². The monoisotopic (exact) mass is 392 g/mol. The van der Waals surface area contributed by atoms with Crippen molar-refractivity contribution < 1.29 is 9.53 Å². The van der Waals surface area contributed by atoms with Crippen molar-refractivity contribution in [2.24, 2.45) is 5.92 Å². The van der Waals surface area contributed by atoms with Crippen molar-refractivity contribution in [1.82, 2.24) is 9.88 Å². The molecule has 0 N–H and O–H groups in total. The van der Waals surface area contributed by atoms with Crippen LogP contribution in [0, 0.1) is 5.92 Å². The van der Waals surface area contributed by atoms with E-state index in [4.69, 9.17) is 4.74 Å². The minimum atomic E-state index is 0.0436. The number of likely N-dealkylation sites (tertiary alicyclic amines) is 1. The number of ether oxygens (including phenoxy) is 1. The molecule has 0 bridgehead atoms. The van der Waals surface area contributed by atoms with Gasteiger partial charge in [0.2, 0.25) is 0 Å². The van der Waals surface area contributed by atoms with Gasteiger partial charge in [-0.3, -0.25) is 4.79 Å². The van der Waals surface area contributed by atoms with E-state index in [1.807, 2.05) is 58.8 Å². The van der Waals surface area contributed by atoms with Gasteiger partial charge in [0.1, 0.15) is 10.7 Å². The Kier molecular flexibility index (Phi) is 6.14. The van der Waals surface area contributed by atoms with E-state index in [9.17, 15) is 4.79 Å². The van der Waals surface area contributed by atoms with Crippen LogP contribution in [0.3, 0.4) is 0 Å². The quantitative estimate of drug-likeness (QED) is 0.600. The van der Waals surface area contributed by atoms with Crippen molar-refractivity contribution in [2.45, 2.75) is 19.4 Å². The second-order valence-corrected chi connectivity index (χ2v) is 8.00. The summed E-state index contributed by atoms with van der Waals surface area (Å²) in [6.07, 6.45) is 1.96. The van der Waals surface area contributed by atoms with Crippen LogP contribution in [0.4, 0.5) is 0 Å². The zero-order valence-corrected chi connectivity index (χ0v) is 16.6. The molecular weight excluding hydrogens is 368 g/mol. The number of carbonyl (C=O) groups excluding carboxylic acids is 1. The SMILES string of the molecule is O=C(c1csc(-c2ccccc2)n1)N1CCC(COCc2ccccc2)CC1. The second-order valence-electron chi connectivity index (χ2n) is 7.14. The summed E-state index contributed by atoms with van der Waals surface area (Å²) in [4.78, 5) is 19.3. The number of carbonyl (C=O) groups is 1. The van der Waals surface area contributed by atoms with E-state index >= 15 is 0 Å². The summed E-state index contributed by atoms with van der Waals surface area (Å²) in [5.41, 5.74) is 2.82. The molecule has 144 valence electrons. The third-order valence-electron chi connectivity index (χ3n) is 5.11. The first-order valence-corrected chi connectivity index (χ1v) is 10.6. The Balaban J connectivity index is 1.26. The van der Waals surface area contributed by atoms with Crippen LogP contribution in [0.5, 0.6) is 0 Å².